The van der Waals surface area contributed by atoms with E-state index in [9.17, 15) is 0 Å². The highest BCUT2D eigenvalue weighted by Crippen LogP contribution is 2.42. The summed E-state index contributed by atoms with van der Waals surface area (Å²) in [6.45, 7) is 0. The molecule has 2 heteroatoms. The van der Waals surface area contributed by atoms with E-state index < -0.39 is 0 Å². The molecule has 1 atom stereocenters. The second-order valence-corrected chi connectivity index (χ2v) is 4.45. The zero-order valence-electron chi connectivity index (χ0n) is 7.88. The van der Waals surface area contributed by atoms with Gasteiger partial charge in [0.1, 0.15) is 0 Å². The standard InChI is InChI=1S/C10H19NO/c1-12-10(5-2-6-10)7-9(11)8-3-4-8/h8-9H,2-7,11H2,1H3. The summed E-state index contributed by atoms with van der Waals surface area (Å²) in [7, 11) is 1.83. The second kappa shape index (κ2) is 3.00. The lowest BCUT2D eigenvalue weighted by Gasteiger charge is -2.42. The lowest BCUT2D eigenvalue weighted by Crippen LogP contribution is -2.45. The molecule has 0 aromatic carbocycles. The molecule has 2 aliphatic rings. The van der Waals surface area contributed by atoms with Crippen molar-refractivity contribution in [1.82, 2.24) is 0 Å². The third-order valence-corrected chi connectivity index (χ3v) is 3.53. The van der Waals surface area contributed by atoms with Crippen molar-refractivity contribution in [3.8, 4) is 0 Å². The molecule has 2 aliphatic carbocycles. The third-order valence-electron chi connectivity index (χ3n) is 3.53. The van der Waals surface area contributed by atoms with E-state index in [1.165, 1.54) is 32.1 Å². The number of hydrogen-bond donors (Lipinski definition) is 1. The normalized spacial score (nSPS) is 29.5. The first kappa shape index (κ1) is 8.52. The summed E-state index contributed by atoms with van der Waals surface area (Å²) in [5.74, 6) is 0.817. The topological polar surface area (TPSA) is 35.2 Å². The van der Waals surface area contributed by atoms with E-state index in [0.717, 1.165) is 12.3 Å². The van der Waals surface area contributed by atoms with Crippen LogP contribution in [-0.2, 0) is 4.74 Å². The fourth-order valence-electron chi connectivity index (χ4n) is 2.18. The minimum atomic E-state index is 0.183. The predicted octanol–water partition coefficient (Wildman–Crippen LogP) is 1.68. The molecule has 0 aromatic rings. The van der Waals surface area contributed by atoms with Gasteiger partial charge in [-0.3, -0.25) is 0 Å². The Kier molecular flexibility index (Phi) is 2.13. The molecule has 0 spiro atoms. The Hall–Kier alpha value is -0.0800. The van der Waals surface area contributed by atoms with Crippen molar-refractivity contribution in [2.45, 2.75) is 50.2 Å². The van der Waals surface area contributed by atoms with Crippen LogP contribution < -0.4 is 5.73 Å². The van der Waals surface area contributed by atoms with Gasteiger partial charge in [0, 0.05) is 13.2 Å². The van der Waals surface area contributed by atoms with Gasteiger partial charge in [0.15, 0.2) is 0 Å². The maximum atomic E-state index is 6.07. The van der Waals surface area contributed by atoms with E-state index in [1.54, 1.807) is 0 Å². The minimum Gasteiger partial charge on any atom is -0.378 e. The SMILES string of the molecule is COC1(CC(N)C2CC2)CCC1. The Balaban J connectivity index is 1.82. The Morgan fingerprint density at radius 3 is 2.50 bits per heavy atom. The van der Waals surface area contributed by atoms with Crippen LogP contribution in [-0.4, -0.2) is 18.8 Å². The van der Waals surface area contributed by atoms with Crippen LogP contribution in [0.25, 0.3) is 0 Å². The molecule has 0 aliphatic heterocycles. The van der Waals surface area contributed by atoms with Crippen molar-refractivity contribution in [3.63, 3.8) is 0 Å². The molecular formula is C10H19NO. The minimum absolute atomic E-state index is 0.183. The Labute approximate surface area is 74.5 Å². The lowest BCUT2D eigenvalue weighted by molar-refractivity contribution is -0.0824. The molecule has 70 valence electrons. The predicted molar refractivity (Wildman–Crippen MR) is 48.9 cm³/mol. The van der Waals surface area contributed by atoms with Crippen LogP contribution in [0.3, 0.4) is 0 Å². The number of hydrogen-bond acceptors (Lipinski definition) is 2. The molecule has 0 saturated heterocycles. The average molecular weight is 169 g/mol. The Bertz CT molecular complexity index is 156. The summed E-state index contributed by atoms with van der Waals surface area (Å²) in [4.78, 5) is 0. The molecule has 0 amide bonds. The quantitative estimate of drug-likeness (QED) is 0.695. The first-order chi connectivity index (χ1) is 5.76. The van der Waals surface area contributed by atoms with Gasteiger partial charge < -0.3 is 10.5 Å². The highest BCUT2D eigenvalue weighted by molar-refractivity contribution is 4.96. The van der Waals surface area contributed by atoms with Crippen LogP contribution in [0.2, 0.25) is 0 Å². The highest BCUT2D eigenvalue weighted by atomic mass is 16.5. The Morgan fingerprint density at radius 1 is 1.50 bits per heavy atom. The molecule has 1 unspecified atom stereocenters. The zero-order chi connectivity index (χ0) is 8.60. The highest BCUT2D eigenvalue weighted by Gasteiger charge is 2.41. The van der Waals surface area contributed by atoms with E-state index >= 15 is 0 Å². The van der Waals surface area contributed by atoms with Gasteiger partial charge in [-0.15, -0.1) is 0 Å². The summed E-state index contributed by atoms with van der Waals surface area (Å²) in [5, 5.41) is 0. The monoisotopic (exact) mass is 169 g/mol. The maximum absolute atomic E-state index is 6.07. The van der Waals surface area contributed by atoms with Crippen LogP contribution in [0.5, 0.6) is 0 Å². The summed E-state index contributed by atoms with van der Waals surface area (Å²) < 4.78 is 5.54. The maximum Gasteiger partial charge on any atom is 0.0693 e. The molecule has 12 heavy (non-hydrogen) atoms. The summed E-state index contributed by atoms with van der Waals surface area (Å²) in [6.07, 6.45) is 7.56. The van der Waals surface area contributed by atoms with Crippen molar-refractivity contribution >= 4 is 0 Å². The van der Waals surface area contributed by atoms with Crippen LogP contribution in [0.1, 0.15) is 38.5 Å². The van der Waals surface area contributed by atoms with Gasteiger partial charge in [-0.25, -0.2) is 0 Å². The first-order valence-electron chi connectivity index (χ1n) is 5.06. The van der Waals surface area contributed by atoms with Crippen LogP contribution in [0, 0.1) is 5.92 Å². The third kappa shape index (κ3) is 1.50. The van der Waals surface area contributed by atoms with Crippen molar-refractivity contribution < 1.29 is 4.74 Å². The van der Waals surface area contributed by atoms with Crippen molar-refractivity contribution in [3.05, 3.63) is 0 Å². The summed E-state index contributed by atoms with van der Waals surface area (Å²) in [6, 6.07) is 0.408. The van der Waals surface area contributed by atoms with E-state index in [-0.39, 0.29) is 5.60 Å². The summed E-state index contributed by atoms with van der Waals surface area (Å²) in [5.41, 5.74) is 6.25. The number of nitrogens with two attached hydrogens (primary N) is 1. The largest absolute Gasteiger partial charge is 0.378 e. The lowest BCUT2D eigenvalue weighted by atomic mass is 9.75. The van der Waals surface area contributed by atoms with Gasteiger partial charge in [-0.05, 0) is 44.4 Å². The van der Waals surface area contributed by atoms with E-state index in [0.29, 0.717) is 6.04 Å². The van der Waals surface area contributed by atoms with Gasteiger partial charge in [-0.2, -0.15) is 0 Å². The van der Waals surface area contributed by atoms with Crippen LogP contribution in [0.15, 0.2) is 0 Å². The number of methoxy groups -OCH3 is 1. The fourth-order valence-corrected chi connectivity index (χ4v) is 2.18. The fraction of sp³-hybridized carbons (Fsp3) is 1.00. The smallest absolute Gasteiger partial charge is 0.0693 e. The molecular weight excluding hydrogens is 150 g/mol. The van der Waals surface area contributed by atoms with Crippen molar-refractivity contribution in [2.75, 3.05) is 7.11 Å². The molecule has 2 rings (SSSR count). The van der Waals surface area contributed by atoms with E-state index in [1.807, 2.05) is 7.11 Å². The van der Waals surface area contributed by atoms with Gasteiger partial charge in [-0.1, -0.05) is 0 Å². The average Bonchev–Trinajstić information content (AvgIpc) is 2.78. The molecule has 0 aromatic heterocycles. The molecule has 0 radical (unpaired) electrons. The molecule has 0 bridgehead atoms. The molecule has 2 N–H and O–H groups in total. The van der Waals surface area contributed by atoms with Crippen molar-refractivity contribution in [2.24, 2.45) is 11.7 Å². The number of ether oxygens (including phenoxy) is 1. The van der Waals surface area contributed by atoms with Crippen LogP contribution >= 0.6 is 0 Å². The van der Waals surface area contributed by atoms with Gasteiger partial charge in [0.05, 0.1) is 5.60 Å². The molecule has 2 nitrogen and oxygen atoms in total. The molecule has 2 fully saturated rings. The summed E-state index contributed by atoms with van der Waals surface area (Å²) >= 11 is 0. The Morgan fingerprint density at radius 2 is 2.17 bits per heavy atom. The van der Waals surface area contributed by atoms with Gasteiger partial charge in [0.25, 0.3) is 0 Å². The zero-order valence-corrected chi connectivity index (χ0v) is 7.88. The second-order valence-electron chi connectivity index (χ2n) is 4.45. The number of rotatable bonds is 4. The molecule has 0 heterocycles. The van der Waals surface area contributed by atoms with Crippen LogP contribution in [0.4, 0.5) is 0 Å². The van der Waals surface area contributed by atoms with Gasteiger partial charge >= 0.3 is 0 Å². The van der Waals surface area contributed by atoms with Crippen molar-refractivity contribution in [1.29, 1.82) is 0 Å². The first-order valence-corrected chi connectivity index (χ1v) is 5.06. The molecule has 2 saturated carbocycles. The van der Waals surface area contributed by atoms with E-state index in [2.05, 4.69) is 0 Å². The van der Waals surface area contributed by atoms with E-state index in [4.69, 9.17) is 10.5 Å². The van der Waals surface area contributed by atoms with Gasteiger partial charge in [0.2, 0.25) is 0 Å².